The molecule has 1 rings (SSSR count). The molecule has 0 aliphatic carbocycles. The fourth-order valence-electron chi connectivity index (χ4n) is 2.51. The SMILES string of the molecule is CC(N)CCCC(=O)NCC(C)(C)N1CCN(C)CC1. The van der Waals surface area contributed by atoms with Gasteiger partial charge in [0.25, 0.3) is 0 Å². The molecule has 0 bridgehead atoms. The molecule has 0 aromatic rings. The van der Waals surface area contributed by atoms with Gasteiger partial charge in [-0.05, 0) is 40.7 Å². The summed E-state index contributed by atoms with van der Waals surface area (Å²) in [7, 11) is 2.16. The van der Waals surface area contributed by atoms with E-state index in [-0.39, 0.29) is 17.5 Å². The number of carbonyl (C=O) groups is 1. The van der Waals surface area contributed by atoms with E-state index in [1.54, 1.807) is 0 Å². The van der Waals surface area contributed by atoms with Crippen molar-refractivity contribution >= 4 is 5.91 Å². The summed E-state index contributed by atoms with van der Waals surface area (Å²) in [5.74, 6) is 0.146. The second-order valence-electron chi connectivity index (χ2n) is 6.75. The third-order valence-corrected chi connectivity index (χ3v) is 4.14. The lowest BCUT2D eigenvalue weighted by atomic mass is 10.0. The van der Waals surface area contributed by atoms with Crippen molar-refractivity contribution in [2.75, 3.05) is 39.8 Å². The summed E-state index contributed by atoms with van der Waals surface area (Å²) < 4.78 is 0. The molecule has 3 N–H and O–H groups in total. The Morgan fingerprint density at radius 3 is 2.45 bits per heavy atom. The fourth-order valence-corrected chi connectivity index (χ4v) is 2.51. The Balaban J connectivity index is 2.26. The zero-order valence-corrected chi connectivity index (χ0v) is 13.6. The summed E-state index contributed by atoms with van der Waals surface area (Å²) in [4.78, 5) is 16.6. The number of hydrogen-bond donors (Lipinski definition) is 2. The van der Waals surface area contributed by atoms with Crippen molar-refractivity contribution in [2.45, 2.75) is 51.6 Å². The lowest BCUT2D eigenvalue weighted by molar-refractivity contribution is -0.121. The summed E-state index contributed by atoms with van der Waals surface area (Å²) in [6, 6.07) is 0.185. The number of piperazine rings is 1. The van der Waals surface area contributed by atoms with E-state index in [1.807, 2.05) is 6.92 Å². The van der Waals surface area contributed by atoms with E-state index in [1.165, 1.54) is 0 Å². The molecule has 0 saturated carbocycles. The third kappa shape index (κ3) is 6.20. The average Bonchev–Trinajstić information content (AvgIpc) is 2.36. The lowest BCUT2D eigenvalue weighted by Crippen LogP contribution is -2.57. The summed E-state index contributed by atoms with van der Waals surface area (Å²) in [6.45, 7) is 11.5. The van der Waals surface area contributed by atoms with Gasteiger partial charge in [-0.2, -0.15) is 0 Å². The Bertz CT molecular complexity index is 296. The van der Waals surface area contributed by atoms with Gasteiger partial charge >= 0.3 is 0 Å². The molecule has 1 amide bonds. The van der Waals surface area contributed by atoms with E-state index >= 15 is 0 Å². The molecule has 1 aliphatic rings. The zero-order chi connectivity index (χ0) is 15.2. The van der Waals surface area contributed by atoms with Gasteiger partial charge in [0.15, 0.2) is 0 Å². The van der Waals surface area contributed by atoms with Crippen molar-refractivity contribution in [3.63, 3.8) is 0 Å². The predicted molar refractivity (Wildman–Crippen MR) is 83.7 cm³/mol. The van der Waals surface area contributed by atoms with Gasteiger partial charge in [-0.3, -0.25) is 9.69 Å². The molecular weight excluding hydrogens is 252 g/mol. The van der Waals surface area contributed by atoms with Crippen LogP contribution in [0, 0.1) is 0 Å². The molecule has 0 radical (unpaired) electrons. The van der Waals surface area contributed by atoms with E-state index < -0.39 is 0 Å². The van der Waals surface area contributed by atoms with Gasteiger partial charge in [0, 0.05) is 50.7 Å². The quantitative estimate of drug-likeness (QED) is 0.720. The van der Waals surface area contributed by atoms with Crippen LogP contribution < -0.4 is 11.1 Å². The molecule has 1 atom stereocenters. The number of hydrogen-bond acceptors (Lipinski definition) is 4. The smallest absolute Gasteiger partial charge is 0.220 e. The highest BCUT2D eigenvalue weighted by Gasteiger charge is 2.29. The van der Waals surface area contributed by atoms with Crippen molar-refractivity contribution in [3.8, 4) is 0 Å². The normalized spacial score (nSPS) is 19.9. The van der Waals surface area contributed by atoms with Gasteiger partial charge in [-0.1, -0.05) is 0 Å². The van der Waals surface area contributed by atoms with Gasteiger partial charge < -0.3 is 16.0 Å². The predicted octanol–water partition coefficient (Wildman–Crippen LogP) is 0.646. The van der Waals surface area contributed by atoms with Crippen molar-refractivity contribution in [2.24, 2.45) is 5.73 Å². The molecule has 5 heteroatoms. The number of amides is 1. The van der Waals surface area contributed by atoms with E-state index in [4.69, 9.17) is 5.73 Å². The second-order valence-corrected chi connectivity index (χ2v) is 6.75. The first-order valence-electron chi connectivity index (χ1n) is 7.77. The van der Waals surface area contributed by atoms with E-state index in [0.29, 0.717) is 13.0 Å². The van der Waals surface area contributed by atoms with Crippen molar-refractivity contribution in [3.05, 3.63) is 0 Å². The van der Waals surface area contributed by atoms with Crippen molar-refractivity contribution < 1.29 is 4.79 Å². The van der Waals surface area contributed by atoms with Crippen molar-refractivity contribution in [1.82, 2.24) is 15.1 Å². The van der Waals surface area contributed by atoms with Crippen LogP contribution in [0.5, 0.6) is 0 Å². The van der Waals surface area contributed by atoms with Crippen molar-refractivity contribution in [1.29, 1.82) is 0 Å². The van der Waals surface area contributed by atoms with Crippen LogP contribution in [0.25, 0.3) is 0 Å². The molecule has 20 heavy (non-hydrogen) atoms. The topological polar surface area (TPSA) is 61.6 Å². The van der Waals surface area contributed by atoms with E-state index in [2.05, 4.69) is 36.0 Å². The first-order valence-corrected chi connectivity index (χ1v) is 7.77. The minimum atomic E-state index is 0.0259. The summed E-state index contributed by atoms with van der Waals surface area (Å²) in [5.41, 5.74) is 5.71. The van der Waals surface area contributed by atoms with Gasteiger partial charge in [-0.25, -0.2) is 0 Å². The Hall–Kier alpha value is -0.650. The minimum Gasteiger partial charge on any atom is -0.354 e. The molecular formula is C15H32N4O. The number of carbonyl (C=O) groups excluding carboxylic acids is 1. The van der Waals surface area contributed by atoms with Crippen LogP contribution in [0.2, 0.25) is 0 Å². The highest BCUT2D eigenvalue weighted by atomic mass is 16.1. The minimum absolute atomic E-state index is 0.0259. The monoisotopic (exact) mass is 284 g/mol. The van der Waals surface area contributed by atoms with Gasteiger partial charge in [0.1, 0.15) is 0 Å². The summed E-state index contributed by atoms with van der Waals surface area (Å²) >= 11 is 0. The van der Waals surface area contributed by atoms with Crippen LogP contribution in [-0.4, -0.2) is 67.1 Å². The Morgan fingerprint density at radius 1 is 1.30 bits per heavy atom. The maximum absolute atomic E-state index is 11.8. The number of rotatable bonds is 7. The van der Waals surface area contributed by atoms with Crippen LogP contribution in [0.4, 0.5) is 0 Å². The molecule has 1 heterocycles. The number of likely N-dealkylation sites (N-methyl/N-ethyl adjacent to an activating group) is 1. The maximum Gasteiger partial charge on any atom is 0.220 e. The Labute approximate surface area is 123 Å². The molecule has 0 spiro atoms. The molecule has 1 saturated heterocycles. The maximum atomic E-state index is 11.8. The lowest BCUT2D eigenvalue weighted by Gasteiger charge is -2.43. The van der Waals surface area contributed by atoms with E-state index in [9.17, 15) is 4.79 Å². The zero-order valence-electron chi connectivity index (χ0n) is 13.6. The first kappa shape index (κ1) is 17.4. The highest BCUT2D eigenvalue weighted by molar-refractivity contribution is 5.75. The van der Waals surface area contributed by atoms with Crippen LogP contribution in [0.1, 0.15) is 40.0 Å². The largest absolute Gasteiger partial charge is 0.354 e. The fraction of sp³-hybridized carbons (Fsp3) is 0.933. The van der Waals surface area contributed by atoms with E-state index in [0.717, 1.165) is 39.0 Å². The summed E-state index contributed by atoms with van der Waals surface area (Å²) in [5, 5.41) is 3.07. The van der Waals surface area contributed by atoms with Gasteiger partial charge in [0.2, 0.25) is 5.91 Å². The molecule has 1 unspecified atom stereocenters. The van der Waals surface area contributed by atoms with Gasteiger partial charge in [0.05, 0.1) is 0 Å². The summed E-state index contributed by atoms with van der Waals surface area (Å²) in [6.07, 6.45) is 2.37. The number of nitrogens with one attached hydrogen (secondary N) is 1. The average molecular weight is 284 g/mol. The molecule has 0 aromatic heterocycles. The van der Waals surface area contributed by atoms with Crippen LogP contribution in [0.15, 0.2) is 0 Å². The van der Waals surface area contributed by atoms with Gasteiger partial charge in [-0.15, -0.1) is 0 Å². The second kappa shape index (κ2) is 7.96. The van der Waals surface area contributed by atoms with Crippen LogP contribution >= 0.6 is 0 Å². The first-order chi connectivity index (χ1) is 9.31. The molecule has 1 fully saturated rings. The van der Waals surface area contributed by atoms with Crippen LogP contribution in [0.3, 0.4) is 0 Å². The number of nitrogens with zero attached hydrogens (tertiary/aromatic N) is 2. The molecule has 0 aromatic carbocycles. The highest BCUT2D eigenvalue weighted by Crippen LogP contribution is 2.15. The molecule has 118 valence electrons. The third-order valence-electron chi connectivity index (χ3n) is 4.14. The van der Waals surface area contributed by atoms with Crippen LogP contribution in [-0.2, 0) is 4.79 Å². The number of nitrogens with two attached hydrogens (primary N) is 1. The Morgan fingerprint density at radius 2 is 1.90 bits per heavy atom. The molecule has 1 aliphatic heterocycles. The Kier molecular flexibility index (Phi) is 6.92. The molecule has 5 nitrogen and oxygen atoms in total. The standard InChI is InChI=1S/C15H32N4O/c1-13(16)6-5-7-14(20)17-12-15(2,3)19-10-8-18(4)9-11-19/h13H,5-12,16H2,1-4H3,(H,17,20).